The lowest BCUT2D eigenvalue weighted by molar-refractivity contribution is -0.131. The lowest BCUT2D eigenvalue weighted by Crippen LogP contribution is -2.33. The van der Waals surface area contributed by atoms with Gasteiger partial charge in [-0.25, -0.2) is 4.68 Å². The fraction of sp³-hybridized carbons (Fsp3) is 0.700. The van der Waals surface area contributed by atoms with Gasteiger partial charge >= 0.3 is 0 Å². The molecule has 0 aromatic carbocycles. The molecule has 0 bridgehead atoms. The minimum atomic E-state index is -0.343. The van der Waals surface area contributed by atoms with Crippen LogP contribution in [-0.2, 0) is 11.3 Å². The van der Waals surface area contributed by atoms with Gasteiger partial charge in [-0.15, -0.1) is 5.10 Å². The van der Waals surface area contributed by atoms with Gasteiger partial charge < -0.3 is 10.0 Å². The third-order valence-electron chi connectivity index (χ3n) is 3.03. The first-order valence-corrected chi connectivity index (χ1v) is 5.47. The standard InChI is InChI=1S/C10H16N4O2/c1-8(15)9-2-4-13(6-9)10(16)7-14-5-3-11-12-14/h3,5,8-9,15H,2,4,6-7H2,1H3. The van der Waals surface area contributed by atoms with E-state index in [1.807, 2.05) is 0 Å². The van der Waals surface area contributed by atoms with Gasteiger partial charge in [-0.2, -0.15) is 0 Å². The first-order chi connectivity index (χ1) is 7.66. The van der Waals surface area contributed by atoms with E-state index in [9.17, 15) is 9.90 Å². The molecule has 0 aliphatic carbocycles. The molecule has 2 rings (SSSR count). The summed E-state index contributed by atoms with van der Waals surface area (Å²) in [5.74, 6) is 0.244. The highest BCUT2D eigenvalue weighted by molar-refractivity contribution is 5.76. The fourth-order valence-electron chi connectivity index (χ4n) is 1.96. The molecule has 1 amide bonds. The van der Waals surface area contributed by atoms with E-state index in [1.54, 1.807) is 24.2 Å². The second-order valence-electron chi connectivity index (χ2n) is 4.23. The van der Waals surface area contributed by atoms with E-state index < -0.39 is 0 Å². The van der Waals surface area contributed by atoms with Crippen molar-refractivity contribution in [3.05, 3.63) is 12.4 Å². The van der Waals surface area contributed by atoms with E-state index in [2.05, 4.69) is 10.3 Å². The number of carbonyl (C=O) groups is 1. The van der Waals surface area contributed by atoms with Crippen molar-refractivity contribution in [2.24, 2.45) is 5.92 Å². The summed E-state index contributed by atoms with van der Waals surface area (Å²) in [6.07, 6.45) is 3.75. The van der Waals surface area contributed by atoms with Crippen LogP contribution in [0, 0.1) is 5.92 Å². The van der Waals surface area contributed by atoms with Gasteiger partial charge in [-0.05, 0) is 13.3 Å². The molecule has 2 unspecified atom stereocenters. The number of amides is 1. The Kier molecular flexibility index (Phi) is 3.19. The number of nitrogens with zero attached hydrogens (tertiary/aromatic N) is 4. The van der Waals surface area contributed by atoms with Crippen LogP contribution in [0.1, 0.15) is 13.3 Å². The summed E-state index contributed by atoms with van der Waals surface area (Å²) >= 11 is 0. The van der Waals surface area contributed by atoms with Crippen LogP contribution in [0.15, 0.2) is 12.4 Å². The minimum Gasteiger partial charge on any atom is -0.393 e. The van der Waals surface area contributed by atoms with E-state index in [4.69, 9.17) is 0 Å². The molecule has 6 nitrogen and oxygen atoms in total. The first kappa shape index (κ1) is 11.1. The molecule has 6 heteroatoms. The van der Waals surface area contributed by atoms with Crippen LogP contribution in [0.3, 0.4) is 0 Å². The van der Waals surface area contributed by atoms with Crippen LogP contribution in [0.5, 0.6) is 0 Å². The van der Waals surface area contributed by atoms with Crippen LogP contribution < -0.4 is 0 Å². The average molecular weight is 224 g/mol. The third kappa shape index (κ3) is 2.38. The Morgan fingerprint density at radius 1 is 1.69 bits per heavy atom. The quantitative estimate of drug-likeness (QED) is 0.752. The van der Waals surface area contributed by atoms with Crippen molar-refractivity contribution in [2.45, 2.75) is 26.0 Å². The molecule has 1 aromatic rings. The molecular weight excluding hydrogens is 208 g/mol. The van der Waals surface area contributed by atoms with Crippen LogP contribution in [-0.4, -0.2) is 50.1 Å². The molecule has 0 spiro atoms. The largest absolute Gasteiger partial charge is 0.393 e. The Balaban J connectivity index is 1.87. The molecule has 88 valence electrons. The molecule has 1 N–H and O–H groups in total. The molecule has 16 heavy (non-hydrogen) atoms. The van der Waals surface area contributed by atoms with Crippen molar-refractivity contribution < 1.29 is 9.90 Å². The molecule has 0 radical (unpaired) electrons. The average Bonchev–Trinajstić information content (AvgIpc) is 2.86. The molecule has 1 fully saturated rings. The summed E-state index contributed by atoms with van der Waals surface area (Å²) in [7, 11) is 0. The molecular formula is C10H16N4O2. The van der Waals surface area contributed by atoms with Crippen molar-refractivity contribution >= 4 is 5.91 Å². The van der Waals surface area contributed by atoms with Gasteiger partial charge in [0.05, 0.1) is 12.3 Å². The number of carbonyl (C=O) groups excluding carboxylic acids is 1. The first-order valence-electron chi connectivity index (χ1n) is 5.47. The van der Waals surface area contributed by atoms with Gasteiger partial charge in [0.15, 0.2) is 0 Å². The van der Waals surface area contributed by atoms with Gasteiger partial charge in [0, 0.05) is 25.2 Å². The molecule has 0 saturated carbocycles. The summed E-state index contributed by atoms with van der Waals surface area (Å²) in [6.45, 7) is 3.37. The van der Waals surface area contributed by atoms with Crippen molar-refractivity contribution in [2.75, 3.05) is 13.1 Å². The zero-order chi connectivity index (χ0) is 11.5. The smallest absolute Gasteiger partial charge is 0.244 e. The monoisotopic (exact) mass is 224 g/mol. The predicted molar refractivity (Wildman–Crippen MR) is 56.4 cm³/mol. The number of hydrogen-bond donors (Lipinski definition) is 1. The molecule has 1 aromatic heterocycles. The molecule has 1 saturated heterocycles. The summed E-state index contributed by atoms with van der Waals surface area (Å²) in [5, 5.41) is 16.8. The summed E-state index contributed by atoms with van der Waals surface area (Å²) in [4.78, 5) is 13.6. The van der Waals surface area contributed by atoms with Gasteiger partial charge in [-0.3, -0.25) is 4.79 Å². The van der Waals surface area contributed by atoms with E-state index in [0.29, 0.717) is 6.54 Å². The zero-order valence-electron chi connectivity index (χ0n) is 9.28. The van der Waals surface area contributed by atoms with E-state index in [1.165, 1.54) is 4.68 Å². The lowest BCUT2D eigenvalue weighted by atomic mass is 10.0. The van der Waals surface area contributed by atoms with Gasteiger partial charge in [0.1, 0.15) is 6.54 Å². The minimum absolute atomic E-state index is 0.0358. The Bertz CT molecular complexity index is 350. The lowest BCUT2D eigenvalue weighted by Gasteiger charge is -2.17. The van der Waals surface area contributed by atoms with Crippen LogP contribution >= 0.6 is 0 Å². The maximum absolute atomic E-state index is 11.8. The van der Waals surface area contributed by atoms with Crippen LogP contribution in [0.4, 0.5) is 0 Å². The van der Waals surface area contributed by atoms with Gasteiger partial charge in [-0.1, -0.05) is 5.21 Å². The van der Waals surface area contributed by atoms with Crippen molar-refractivity contribution in [3.8, 4) is 0 Å². The van der Waals surface area contributed by atoms with Crippen molar-refractivity contribution in [1.29, 1.82) is 0 Å². The number of rotatable bonds is 3. The Morgan fingerprint density at radius 3 is 3.06 bits per heavy atom. The van der Waals surface area contributed by atoms with Crippen LogP contribution in [0.2, 0.25) is 0 Å². The number of aliphatic hydroxyl groups excluding tert-OH is 1. The van der Waals surface area contributed by atoms with E-state index in [-0.39, 0.29) is 24.5 Å². The second-order valence-corrected chi connectivity index (χ2v) is 4.23. The Morgan fingerprint density at radius 2 is 2.50 bits per heavy atom. The van der Waals surface area contributed by atoms with E-state index >= 15 is 0 Å². The normalized spacial score (nSPS) is 22.4. The third-order valence-corrected chi connectivity index (χ3v) is 3.03. The van der Waals surface area contributed by atoms with E-state index in [0.717, 1.165) is 13.0 Å². The molecule has 1 aliphatic rings. The highest BCUT2D eigenvalue weighted by Gasteiger charge is 2.28. The van der Waals surface area contributed by atoms with Gasteiger partial charge in [0.25, 0.3) is 0 Å². The van der Waals surface area contributed by atoms with Crippen LogP contribution in [0.25, 0.3) is 0 Å². The summed E-state index contributed by atoms with van der Waals surface area (Å²) < 4.78 is 1.51. The molecule has 2 atom stereocenters. The predicted octanol–water partition coefficient (Wildman–Crippen LogP) is -0.493. The van der Waals surface area contributed by atoms with Crippen molar-refractivity contribution in [3.63, 3.8) is 0 Å². The SMILES string of the molecule is CC(O)C1CCN(C(=O)Cn2ccnn2)C1. The zero-order valence-corrected chi connectivity index (χ0v) is 9.28. The summed E-state index contributed by atoms with van der Waals surface area (Å²) in [6, 6.07) is 0. The maximum Gasteiger partial charge on any atom is 0.244 e. The molecule has 2 heterocycles. The topological polar surface area (TPSA) is 71.2 Å². The second kappa shape index (κ2) is 4.61. The number of likely N-dealkylation sites (tertiary alicyclic amines) is 1. The Hall–Kier alpha value is -1.43. The Labute approximate surface area is 93.9 Å². The highest BCUT2D eigenvalue weighted by atomic mass is 16.3. The fourth-order valence-corrected chi connectivity index (χ4v) is 1.96. The highest BCUT2D eigenvalue weighted by Crippen LogP contribution is 2.19. The number of aromatic nitrogens is 3. The maximum atomic E-state index is 11.8. The molecule has 1 aliphatic heterocycles. The van der Waals surface area contributed by atoms with Crippen molar-refractivity contribution in [1.82, 2.24) is 19.9 Å². The van der Waals surface area contributed by atoms with Gasteiger partial charge in [0.2, 0.25) is 5.91 Å². The number of hydrogen-bond acceptors (Lipinski definition) is 4. The number of aliphatic hydroxyl groups is 1. The summed E-state index contributed by atoms with van der Waals surface area (Å²) in [5.41, 5.74) is 0.